The van der Waals surface area contributed by atoms with Crippen LogP contribution in [0.15, 0.2) is 59.5 Å². The first kappa shape index (κ1) is 30.5. The molecule has 0 spiro atoms. The lowest BCUT2D eigenvalue weighted by Gasteiger charge is -2.32. The zero-order chi connectivity index (χ0) is 29.9. The Bertz CT molecular complexity index is 1410. The molecule has 1 aromatic heterocycles. The number of halogens is 4. The zero-order valence-corrected chi connectivity index (χ0v) is 23.1. The van der Waals surface area contributed by atoms with E-state index in [9.17, 15) is 23.1 Å². The minimum absolute atomic E-state index is 0.109. The van der Waals surface area contributed by atoms with Crippen molar-refractivity contribution in [3.63, 3.8) is 0 Å². The van der Waals surface area contributed by atoms with E-state index in [4.69, 9.17) is 45.3 Å². The smallest absolute Gasteiger partial charge is 0.435 e. The standard InChI is InChI=1S/C24H24F4N3O8PS/c1-34-13-3-7-15(8-4-13)38-40(41,39-16-9-5-14(35-2)6-10-16)36-12-24(22(27)28)19(32)18(26)21(37-24)31-11-17(25)20(29)30-23(31)33/h3-11,18-19,21-22,32H,12H2,1-2H3,(H2,29,30,33)/t18-,19+,21-,24-/m1/s1. The van der Waals surface area contributed by atoms with Crippen LogP contribution in [-0.4, -0.2) is 59.8 Å². The lowest BCUT2D eigenvalue weighted by molar-refractivity contribution is -0.192. The van der Waals surface area contributed by atoms with Crippen LogP contribution >= 0.6 is 6.72 Å². The Hall–Kier alpha value is -3.43. The predicted molar refractivity (Wildman–Crippen MR) is 140 cm³/mol. The number of nitrogens with two attached hydrogens (primary N) is 1. The molecule has 0 radical (unpaired) electrons. The Balaban J connectivity index is 1.65. The SMILES string of the molecule is COc1ccc(OP(=S)(OC[C@@]2(C(F)F)O[C@@H](n3cc(F)c(N)nc3=O)[C@H](F)[C@@H]2O)Oc2ccc(OC)cc2)cc1. The maximum atomic E-state index is 15.2. The minimum Gasteiger partial charge on any atom is -0.497 e. The van der Waals surface area contributed by atoms with Gasteiger partial charge in [0, 0.05) is 11.8 Å². The molecule has 3 N–H and O–H groups in total. The first-order valence-electron chi connectivity index (χ1n) is 11.7. The fraction of sp³-hybridized carbons (Fsp3) is 0.333. The van der Waals surface area contributed by atoms with E-state index >= 15 is 4.39 Å². The van der Waals surface area contributed by atoms with Crippen molar-refractivity contribution in [3.8, 4) is 23.0 Å². The highest BCUT2D eigenvalue weighted by atomic mass is 32.5. The van der Waals surface area contributed by atoms with Crippen molar-refractivity contribution in [1.29, 1.82) is 0 Å². The monoisotopic (exact) mass is 621 g/mol. The Morgan fingerprint density at radius 3 is 2.02 bits per heavy atom. The molecule has 222 valence electrons. The van der Waals surface area contributed by atoms with Gasteiger partial charge in [-0.25, -0.2) is 22.4 Å². The van der Waals surface area contributed by atoms with Crippen LogP contribution in [0.2, 0.25) is 0 Å². The predicted octanol–water partition coefficient (Wildman–Crippen LogP) is 3.61. The summed E-state index contributed by atoms with van der Waals surface area (Å²) in [5, 5.41) is 10.6. The molecule has 1 fully saturated rings. The number of aromatic nitrogens is 2. The molecule has 0 aliphatic carbocycles. The molecule has 2 aromatic carbocycles. The maximum absolute atomic E-state index is 15.2. The third kappa shape index (κ3) is 6.41. The number of alkyl halides is 3. The van der Waals surface area contributed by atoms with Crippen LogP contribution in [0.25, 0.3) is 0 Å². The van der Waals surface area contributed by atoms with E-state index in [1.54, 1.807) is 0 Å². The van der Waals surface area contributed by atoms with Gasteiger partial charge in [-0.15, -0.1) is 0 Å². The number of methoxy groups -OCH3 is 2. The highest BCUT2D eigenvalue weighted by Gasteiger charge is 2.62. The van der Waals surface area contributed by atoms with Crippen LogP contribution in [0.1, 0.15) is 6.23 Å². The van der Waals surface area contributed by atoms with Crippen LogP contribution in [0, 0.1) is 5.82 Å². The molecule has 0 saturated carbocycles. The summed E-state index contributed by atoms with van der Waals surface area (Å²) < 4.78 is 90.9. The van der Waals surface area contributed by atoms with Crippen molar-refractivity contribution in [3.05, 3.63) is 71.0 Å². The number of nitrogen functional groups attached to an aromatic ring is 1. The van der Waals surface area contributed by atoms with Crippen molar-refractivity contribution in [2.45, 2.75) is 30.5 Å². The van der Waals surface area contributed by atoms with Gasteiger partial charge in [0.25, 0.3) is 6.43 Å². The summed E-state index contributed by atoms with van der Waals surface area (Å²) in [4.78, 5) is 15.4. The number of anilines is 1. The van der Waals surface area contributed by atoms with E-state index in [0.29, 0.717) is 17.7 Å². The molecule has 11 nitrogen and oxygen atoms in total. The number of benzene rings is 2. The molecule has 4 rings (SSSR count). The fourth-order valence-corrected chi connectivity index (χ4v) is 5.72. The number of aliphatic hydroxyl groups is 1. The number of rotatable bonds is 11. The van der Waals surface area contributed by atoms with Gasteiger partial charge < -0.3 is 34.1 Å². The first-order chi connectivity index (χ1) is 19.4. The molecule has 0 unspecified atom stereocenters. The van der Waals surface area contributed by atoms with Gasteiger partial charge in [0.05, 0.1) is 27.0 Å². The highest BCUT2D eigenvalue weighted by Crippen LogP contribution is 2.53. The summed E-state index contributed by atoms with van der Waals surface area (Å²) >= 11 is 5.48. The Morgan fingerprint density at radius 1 is 1.07 bits per heavy atom. The van der Waals surface area contributed by atoms with Gasteiger partial charge in [0.1, 0.15) is 29.1 Å². The number of hydrogen-bond donors (Lipinski definition) is 2. The van der Waals surface area contributed by atoms with Crippen molar-refractivity contribution in [2.75, 3.05) is 26.6 Å². The van der Waals surface area contributed by atoms with E-state index in [2.05, 4.69) is 4.98 Å². The maximum Gasteiger partial charge on any atom is 0.435 e. The average Bonchev–Trinajstić information content (AvgIpc) is 3.21. The molecule has 3 aromatic rings. The third-order valence-electron chi connectivity index (χ3n) is 5.99. The van der Waals surface area contributed by atoms with Crippen LogP contribution in [-0.2, 0) is 21.1 Å². The normalized spacial score (nSPS) is 22.5. The number of nitrogens with zero attached hydrogens (tertiary/aromatic N) is 2. The lowest BCUT2D eigenvalue weighted by atomic mass is 9.97. The Labute approximate surface area is 235 Å². The summed E-state index contributed by atoms with van der Waals surface area (Å²) in [5.74, 6) is -0.861. The Morgan fingerprint density at radius 2 is 1.56 bits per heavy atom. The van der Waals surface area contributed by atoms with Crippen molar-refractivity contribution in [2.24, 2.45) is 0 Å². The van der Waals surface area contributed by atoms with Gasteiger partial charge in [-0.3, -0.25) is 9.09 Å². The lowest BCUT2D eigenvalue weighted by Crippen LogP contribution is -2.52. The second-order valence-electron chi connectivity index (χ2n) is 8.57. The summed E-state index contributed by atoms with van der Waals surface area (Å²) in [6, 6.07) is 11.9. The summed E-state index contributed by atoms with van der Waals surface area (Å²) in [6.45, 7) is -5.32. The second-order valence-corrected chi connectivity index (χ2v) is 11.4. The number of ether oxygens (including phenoxy) is 3. The van der Waals surface area contributed by atoms with E-state index in [1.165, 1.54) is 62.8 Å². The van der Waals surface area contributed by atoms with Crippen LogP contribution in [0.3, 0.4) is 0 Å². The van der Waals surface area contributed by atoms with E-state index < -0.39 is 61.2 Å². The van der Waals surface area contributed by atoms with Gasteiger partial charge in [-0.2, -0.15) is 4.98 Å². The molecule has 17 heteroatoms. The second kappa shape index (κ2) is 12.2. The molecule has 0 bridgehead atoms. The van der Waals surface area contributed by atoms with E-state index in [-0.39, 0.29) is 16.1 Å². The van der Waals surface area contributed by atoms with Gasteiger partial charge in [0.15, 0.2) is 29.6 Å². The number of aliphatic hydroxyl groups excluding tert-OH is 1. The van der Waals surface area contributed by atoms with Gasteiger partial charge in [-0.05, 0) is 48.5 Å². The van der Waals surface area contributed by atoms with E-state index in [1.807, 2.05) is 0 Å². The molecule has 4 atom stereocenters. The topological polar surface area (TPSA) is 137 Å². The van der Waals surface area contributed by atoms with Crippen LogP contribution in [0.5, 0.6) is 23.0 Å². The van der Waals surface area contributed by atoms with E-state index in [0.717, 1.165) is 0 Å². The molecule has 1 aliphatic heterocycles. The minimum atomic E-state index is -4.06. The summed E-state index contributed by atoms with van der Waals surface area (Å²) in [6.07, 6.45) is -10.6. The summed E-state index contributed by atoms with van der Waals surface area (Å²) in [5.41, 5.74) is 0.847. The van der Waals surface area contributed by atoms with Gasteiger partial charge in [-0.1, -0.05) is 0 Å². The summed E-state index contributed by atoms with van der Waals surface area (Å²) in [7, 11) is 2.89. The molecule has 41 heavy (non-hydrogen) atoms. The number of hydrogen-bond acceptors (Lipinski definition) is 11. The van der Waals surface area contributed by atoms with Crippen LogP contribution in [0.4, 0.5) is 23.4 Å². The molecular weight excluding hydrogens is 597 g/mol. The fourth-order valence-electron chi connectivity index (χ4n) is 3.78. The average molecular weight is 622 g/mol. The zero-order valence-electron chi connectivity index (χ0n) is 21.4. The molecule has 0 amide bonds. The largest absolute Gasteiger partial charge is 0.497 e. The first-order valence-corrected chi connectivity index (χ1v) is 14.2. The molecule has 1 saturated heterocycles. The molecule has 2 heterocycles. The molecular formula is C24H24F4N3O8PS. The van der Waals surface area contributed by atoms with Gasteiger partial charge >= 0.3 is 12.4 Å². The highest BCUT2D eigenvalue weighted by molar-refractivity contribution is 8.07. The van der Waals surface area contributed by atoms with Crippen molar-refractivity contribution < 1.29 is 50.5 Å². The van der Waals surface area contributed by atoms with Crippen molar-refractivity contribution in [1.82, 2.24) is 9.55 Å². The third-order valence-corrected chi connectivity index (χ3v) is 8.07. The van der Waals surface area contributed by atoms with Crippen LogP contribution < -0.4 is 29.9 Å². The van der Waals surface area contributed by atoms with Gasteiger partial charge in [0.2, 0.25) is 0 Å². The quantitative estimate of drug-likeness (QED) is 0.240. The Kier molecular flexibility index (Phi) is 9.09. The molecule has 1 aliphatic rings. The van der Waals surface area contributed by atoms with Crippen molar-refractivity contribution >= 4 is 24.3 Å².